The highest BCUT2D eigenvalue weighted by Gasteiger charge is 2.09. The van der Waals surface area contributed by atoms with Crippen molar-refractivity contribution in [2.75, 3.05) is 10.6 Å². The van der Waals surface area contributed by atoms with E-state index in [1.54, 1.807) is 0 Å². The molecule has 0 heterocycles. The summed E-state index contributed by atoms with van der Waals surface area (Å²) < 4.78 is 39.0. The number of hydrogen-bond donors (Lipinski definition) is 3. The van der Waals surface area contributed by atoms with E-state index in [1.165, 1.54) is 6.07 Å². The Kier molecular flexibility index (Phi) is 3.79. The highest BCUT2D eigenvalue weighted by atomic mass is 19.1. The second-order valence-corrected chi connectivity index (χ2v) is 3.87. The molecule has 0 radical (unpaired) electrons. The summed E-state index contributed by atoms with van der Waals surface area (Å²) in [7, 11) is 0. The molecule has 0 saturated heterocycles. The first-order valence-corrected chi connectivity index (χ1v) is 5.47. The molecule has 0 aliphatic heterocycles. The molecule has 0 fully saturated rings. The predicted octanol–water partition coefficient (Wildman–Crippen LogP) is 3.45. The molecule has 4 nitrogen and oxygen atoms in total. The van der Waals surface area contributed by atoms with Crippen molar-refractivity contribution in [2.24, 2.45) is 0 Å². The fraction of sp³-hybridized carbons (Fsp3) is 0. The van der Waals surface area contributed by atoms with Crippen molar-refractivity contribution >= 4 is 17.4 Å². The molecular formula is C13H9F3N2O2. The van der Waals surface area contributed by atoms with Crippen LogP contribution in [0.1, 0.15) is 0 Å². The second kappa shape index (κ2) is 5.52. The van der Waals surface area contributed by atoms with Crippen LogP contribution in [0.3, 0.4) is 0 Å². The van der Waals surface area contributed by atoms with Gasteiger partial charge in [0, 0.05) is 17.8 Å². The number of rotatable bonds is 2. The van der Waals surface area contributed by atoms with Gasteiger partial charge in [0.2, 0.25) is 0 Å². The third kappa shape index (κ3) is 3.19. The molecule has 2 rings (SSSR count). The van der Waals surface area contributed by atoms with Crippen molar-refractivity contribution in [2.45, 2.75) is 0 Å². The Morgan fingerprint density at radius 2 is 1.70 bits per heavy atom. The lowest BCUT2D eigenvalue weighted by Crippen LogP contribution is -2.20. The minimum atomic E-state index is -0.933. The van der Waals surface area contributed by atoms with E-state index in [9.17, 15) is 18.0 Å². The minimum Gasteiger partial charge on any atom is -0.505 e. The maximum absolute atomic E-state index is 13.3. The first kappa shape index (κ1) is 13.7. The van der Waals surface area contributed by atoms with Crippen LogP contribution < -0.4 is 10.6 Å². The molecule has 0 unspecified atom stereocenters. The van der Waals surface area contributed by atoms with Gasteiger partial charge in [-0.2, -0.15) is 0 Å². The number of aromatic hydroxyl groups is 1. The third-order valence-corrected chi connectivity index (χ3v) is 2.38. The monoisotopic (exact) mass is 282 g/mol. The van der Waals surface area contributed by atoms with Crippen LogP contribution in [0.15, 0.2) is 36.4 Å². The van der Waals surface area contributed by atoms with Gasteiger partial charge >= 0.3 is 6.03 Å². The van der Waals surface area contributed by atoms with Crippen molar-refractivity contribution in [1.82, 2.24) is 0 Å². The zero-order valence-corrected chi connectivity index (χ0v) is 9.95. The molecule has 104 valence electrons. The lowest BCUT2D eigenvalue weighted by molar-refractivity contribution is 0.262. The van der Waals surface area contributed by atoms with E-state index in [2.05, 4.69) is 10.6 Å². The SMILES string of the molecule is O=C(Nc1ccc(O)c(F)c1)Nc1ccc(F)cc1F. The van der Waals surface area contributed by atoms with Crippen LogP contribution in [0.25, 0.3) is 0 Å². The number of nitrogens with one attached hydrogen (secondary N) is 2. The van der Waals surface area contributed by atoms with E-state index in [1.807, 2.05) is 0 Å². The van der Waals surface area contributed by atoms with E-state index < -0.39 is 29.2 Å². The minimum absolute atomic E-state index is 0.0697. The Labute approximate surface area is 111 Å². The predicted molar refractivity (Wildman–Crippen MR) is 67.1 cm³/mol. The highest BCUT2D eigenvalue weighted by Crippen LogP contribution is 2.20. The number of phenolic OH excluding ortho intramolecular Hbond substituents is 1. The summed E-state index contributed by atoms with van der Waals surface area (Å²) in [6.45, 7) is 0. The molecule has 2 amide bonds. The molecule has 0 bridgehead atoms. The van der Waals surface area contributed by atoms with Crippen LogP contribution in [-0.2, 0) is 0 Å². The van der Waals surface area contributed by atoms with E-state index >= 15 is 0 Å². The summed E-state index contributed by atoms with van der Waals surface area (Å²) in [4.78, 5) is 11.5. The van der Waals surface area contributed by atoms with Gasteiger partial charge in [0.1, 0.15) is 11.6 Å². The number of amides is 2. The molecule has 20 heavy (non-hydrogen) atoms. The van der Waals surface area contributed by atoms with Gasteiger partial charge in [-0.1, -0.05) is 0 Å². The number of hydrogen-bond acceptors (Lipinski definition) is 2. The average molecular weight is 282 g/mol. The second-order valence-electron chi connectivity index (χ2n) is 3.87. The van der Waals surface area contributed by atoms with Gasteiger partial charge in [0.05, 0.1) is 5.69 Å². The standard InChI is InChI=1S/C13H9F3N2O2/c14-7-1-3-11(9(15)5-7)18-13(20)17-8-2-4-12(19)10(16)6-8/h1-6,19H,(H2,17,18,20). The Morgan fingerprint density at radius 3 is 2.35 bits per heavy atom. The van der Waals surface area contributed by atoms with Gasteiger partial charge < -0.3 is 15.7 Å². The maximum atomic E-state index is 13.3. The summed E-state index contributed by atoms with van der Waals surface area (Å²) in [6.07, 6.45) is 0. The normalized spacial score (nSPS) is 10.2. The van der Waals surface area contributed by atoms with Crippen LogP contribution >= 0.6 is 0 Å². The Morgan fingerprint density at radius 1 is 0.950 bits per heavy atom. The molecule has 0 aliphatic rings. The third-order valence-electron chi connectivity index (χ3n) is 2.38. The molecule has 0 aromatic heterocycles. The molecule has 0 spiro atoms. The quantitative estimate of drug-likeness (QED) is 0.739. The number of benzene rings is 2. The lowest BCUT2D eigenvalue weighted by atomic mass is 10.3. The van der Waals surface area contributed by atoms with Crippen molar-refractivity contribution in [3.05, 3.63) is 53.8 Å². The first-order valence-electron chi connectivity index (χ1n) is 5.47. The topological polar surface area (TPSA) is 61.4 Å². The van der Waals surface area contributed by atoms with Crippen molar-refractivity contribution in [1.29, 1.82) is 0 Å². The van der Waals surface area contributed by atoms with Gasteiger partial charge in [-0.05, 0) is 24.3 Å². The molecule has 2 aromatic carbocycles. The van der Waals surface area contributed by atoms with Crippen molar-refractivity contribution in [3.63, 3.8) is 0 Å². The molecule has 0 atom stereocenters. The first-order chi connectivity index (χ1) is 9.45. The van der Waals surface area contributed by atoms with E-state index in [0.29, 0.717) is 6.07 Å². The van der Waals surface area contributed by atoms with Crippen LogP contribution in [0.2, 0.25) is 0 Å². The molecule has 3 N–H and O–H groups in total. The fourth-order valence-electron chi connectivity index (χ4n) is 1.46. The van der Waals surface area contributed by atoms with Crippen LogP contribution in [-0.4, -0.2) is 11.1 Å². The largest absolute Gasteiger partial charge is 0.505 e. The van der Waals surface area contributed by atoms with Gasteiger partial charge in [0.15, 0.2) is 11.6 Å². The number of carbonyl (C=O) groups excluding carboxylic acids is 1. The highest BCUT2D eigenvalue weighted by molar-refractivity contribution is 5.99. The summed E-state index contributed by atoms with van der Waals surface area (Å²) in [6, 6.07) is 5.05. The summed E-state index contributed by atoms with van der Waals surface area (Å²) in [5, 5.41) is 13.4. The summed E-state index contributed by atoms with van der Waals surface area (Å²) >= 11 is 0. The van der Waals surface area contributed by atoms with Gasteiger partial charge in [-0.25, -0.2) is 18.0 Å². The van der Waals surface area contributed by atoms with Crippen LogP contribution in [0.5, 0.6) is 5.75 Å². The molecule has 0 aliphatic carbocycles. The Balaban J connectivity index is 2.07. The van der Waals surface area contributed by atoms with Crippen LogP contribution in [0.4, 0.5) is 29.3 Å². The summed E-state index contributed by atoms with van der Waals surface area (Å²) in [5.74, 6) is -3.16. The van der Waals surface area contributed by atoms with E-state index in [0.717, 1.165) is 24.3 Å². The van der Waals surface area contributed by atoms with Gasteiger partial charge in [-0.3, -0.25) is 0 Å². The Hall–Kier alpha value is -2.70. The Bertz CT molecular complexity index is 662. The zero-order valence-electron chi connectivity index (χ0n) is 9.95. The molecule has 0 saturated carbocycles. The lowest BCUT2D eigenvalue weighted by Gasteiger charge is -2.08. The fourth-order valence-corrected chi connectivity index (χ4v) is 1.46. The van der Waals surface area contributed by atoms with E-state index in [4.69, 9.17) is 5.11 Å². The number of anilines is 2. The number of phenols is 1. The van der Waals surface area contributed by atoms with Crippen molar-refractivity contribution < 1.29 is 23.1 Å². The number of halogens is 3. The molecular weight excluding hydrogens is 273 g/mol. The summed E-state index contributed by atoms with van der Waals surface area (Å²) in [5.41, 5.74) is -0.150. The zero-order chi connectivity index (χ0) is 14.7. The number of carbonyl (C=O) groups is 1. The van der Waals surface area contributed by atoms with Gasteiger partial charge in [0.25, 0.3) is 0 Å². The van der Waals surface area contributed by atoms with E-state index in [-0.39, 0.29) is 11.4 Å². The smallest absolute Gasteiger partial charge is 0.323 e. The number of urea groups is 1. The maximum Gasteiger partial charge on any atom is 0.323 e. The molecule has 7 heteroatoms. The average Bonchev–Trinajstić information content (AvgIpc) is 2.37. The molecule has 2 aromatic rings. The van der Waals surface area contributed by atoms with Crippen molar-refractivity contribution in [3.8, 4) is 5.75 Å². The van der Waals surface area contributed by atoms with Crippen LogP contribution in [0, 0.1) is 17.5 Å². The van der Waals surface area contributed by atoms with Gasteiger partial charge in [-0.15, -0.1) is 0 Å².